The van der Waals surface area contributed by atoms with Crippen molar-refractivity contribution in [3.8, 4) is 0 Å². The van der Waals surface area contributed by atoms with Crippen LogP contribution in [0.15, 0.2) is 53.4 Å². The van der Waals surface area contributed by atoms with Crippen LogP contribution < -0.4 is 4.31 Å². The van der Waals surface area contributed by atoms with Crippen molar-refractivity contribution in [1.29, 1.82) is 0 Å². The summed E-state index contributed by atoms with van der Waals surface area (Å²) in [7, 11) is -7.56. The molecule has 2 aromatic carbocycles. The maximum Gasteiger partial charge on any atom is 0.264 e. The topological polar surface area (TPSA) is 91.8 Å². The van der Waals surface area contributed by atoms with E-state index in [2.05, 4.69) is 0 Å². The molecule has 6 nitrogen and oxygen atoms in total. The molecule has 140 valence electrons. The molecule has 0 bridgehead atoms. The summed E-state index contributed by atoms with van der Waals surface area (Å²) in [5, 5.41) is 10.3. The standard InChI is InChI=1S/C18H21NO5S2/c1-13-8-9-16(10-14(13)2)26(23,24)19(15-6-4-3-5-7-15)17-11-25(21,22)12-18(17)20/h3-10,17-18,20H,11-12H2,1-2H3/t17-,18-/m0/s1. The average molecular weight is 396 g/mol. The zero-order valence-corrected chi connectivity index (χ0v) is 16.2. The molecule has 0 aliphatic carbocycles. The third-order valence-corrected chi connectivity index (χ3v) is 8.19. The minimum Gasteiger partial charge on any atom is -0.390 e. The molecule has 0 aromatic heterocycles. The fourth-order valence-corrected chi connectivity index (χ4v) is 6.73. The van der Waals surface area contributed by atoms with Gasteiger partial charge in [0.1, 0.15) is 0 Å². The normalized spacial score (nSPS) is 22.3. The van der Waals surface area contributed by atoms with Crippen molar-refractivity contribution in [3.05, 3.63) is 59.7 Å². The van der Waals surface area contributed by atoms with Gasteiger partial charge in [-0.2, -0.15) is 0 Å². The van der Waals surface area contributed by atoms with Crippen LogP contribution in [0.25, 0.3) is 0 Å². The van der Waals surface area contributed by atoms with Crippen LogP contribution in [0.1, 0.15) is 11.1 Å². The van der Waals surface area contributed by atoms with E-state index in [1.165, 1.54) is 6.07 Å². The number of sulfone groups is 1. The summed E-state index contributed by atoms with van der Waals surface area (Å²) in [5.74, 6) is -0.851. The molecule has 0 spiro atoms. The van der Waals surface area contributed by atoms with E-state index in [0.717, 1.165) is 15.4 Å². The van der Waals surface area contributed by atoms with E-state index in [4.69, 9.17) is 0 Å². The molecule has 2 aromatic rings. The largest absolute Gasteiger partial charge is 0.390 e. The predicted molar refractivity (Wildman–Crippen MR) is 100 cm³/mol. The first-order chi connectivity index (χ1) is 12.1. The second-order valence-corrected chi connectivity index (χ2v) is 10.6. The Balaban J connectivity index is 2.16. The maximum atomic E-state index is 13.4. The molecule has 0 radical (unpaired) electrons. The van der Waals surface area contributed by atoms with Crippen LogP contribution in [0.4, 0.5) is 5.69 Å². The summed E-state index contributed by atoms with van der Waals surface area (Å²) in [5.41, 5.74) is 2.10. The van der Waals surface area contributed by atoms with Gasteiger partial charge in [0.15, 0.2) is 9.84 Å². The summed E-state index contributed by atoms with van der Waals surface area (Å²) in [6, 6.07) is 12.0. The van der Waals surface area contributed by atoms with Crippen LogP contribution in [0.3, 0.4) is 0 Å². The van der Waals surface area contributed by atoms with Crippen molar-refractivity contribution >= 4 is 25.5 Å². The van der Waals surface area contributed by atoms with E-state index in [-0.39, 0.29) is 4.90 Å². The minimum absolute atomic E-state index is 0.0703. The molecular weight excluding hydrogens is 374 g/mol. The summed E-state index contributed by atoms with van der Waals surface area (Å²) < 4.78 is 51.7. The summed E-state index contributed by atoms with van der Waals surface area (Å²) in [6.07, 6.45) is -1.28. The second-order valence-electron chi connectivity index (χ2n) is 6.59. The van der Waals surface area contributed by atoms with E-state index in [0.29, 0.717) is 5.69 Å². The molecule has 1 aliphatic heterocycles. The highest BCUT2D eigenvalue weighted by Gasteiger charge is 2.45. The van der Waals surface area contributed by atoms with Gasteiger partial charge in [0, 0.05) is 0 Å². The van der Waals surface area contributed by atoms with Crippen LogP contribution in [-0.4, -0.2) is 45.6 Å². The number of sulfonamides is 1. The Morgan fingerprint density at radius 3 is 2.19 bits per heavy atom. The Morgan fingerprint density at radius 2 is 1.65 bits per heavy atom. The number of anilines is 1. The molecular formula is C18H21NO5S2. The molecule has 26 heavy (non-hydrogen) atoms. The zero-order valence-electron chi connectivity index (χ0n) is 14.5. The van der Waals surface area contributed by atoms with Crippen LogP contribution in [-0.2, 0) is 19.9 Å². The van der Waals surface area contributed by atoms with Gasteiger partial charge in [-0.25, -0.2) is 16.8 Å². The highest BCUT2D eigenvalue weighted by Crippen LogP contribution is 2.31. The van der Waals surface area contributed by atoms with Gasteiger partial charge in [-0.15, -0.1) is 0 Å². The number of para-hydroxylation sites is 1. The quantitative estimate of drug-likeness (QED) is 0.850. The van der Waals surface area contributed by atoms with Crippen molar-refractivity contribution in [2.24, 2.45) is 0 Å². The Morgan fingerprint density at radius 1 is 1.00 bits per heavy atom. The number of aliphatic hydroxyl groups excluding tert-OH is 1. The Hall–Kier alpha value is -1.90. The summed E-state index contributed by atoms with van der Waals surface area (Å²) >= 11 is 0. The van der Waals surface area contributed by atoms with Gasteiger partial charge >= 0.3 is 0 Å². The van der Waals surface area contributed by atoms with Crippen molar-refractivity contribution in [1.82, 2.24) is 0 Å². The molecule has 1 saturated heterocycles. The van der Waals surface area contributed by atoms with Gasteiger partial charge in [-0.05, 0) is 49.2 Å². The number of benzene rings is 2. The van der Waals surface area contributed by atoms with Crippen molar-refractivity contribution in [3.63, 3.8) is 0 Å². The first kappa shape index (κ1) is 18.9. The van der Waals surface area contributed by atoms with Crippen molar-refractivity contribution in [2.45, 2.75) is 30.9 Å². The van der Waals surface area contributed by atoms with Gasteiger partial charge in [0.05, 0.1) is 34.2 Å². The van der Waals surface area contributed by atoms with Crippen LogP contribution >= 0.6 is 0 Å². The van der Waals surface area contributed by atoms with E-state index < -0.39 is 43.5 Å². The lowest BCUT2D eigenvalue weighted by molar-refractivity contribution is 0.184. The fourth-order valence-electron chi connectivity index (χ4n) is 3.11. The third-order valence-electron chi connectivity index (χ3n) is 4.64. The van der Waals surface area contributed by atoms with E-state index in [1.807, 2.05) is 13.8 Å². The van der Waals surface area contributed by atoms with E-state index >= 15 is 0 Å². The molecule has 1 heterocycles. The zero-order chi connectivity index (χ0) is 19.1. The second kappa shape index (κ2) is 6.68. The van der Waals surface area contributed by atoms with Crippen LogP contribution in [0.2, 0.25) is 0 Å². The van der Waals surface area contributed by atoms with Crippen LogP contribution in [0.5, 0.6) is 0 Å². The first-order valence-electron chi connectivity index (χ1n) is 8.17. The van der Waals surface area contributed by atoms with Gasteiger partial charge in [-0.3, -0.25) is 4.31 Å². The Bertz CT molecular complexity index is 1020. The molecule has 3 rings (SSSR count). The summed E-state index contributed by atoms with van der Waals surface area (Å²) in [4.78, 5) is 0.0703. The monoisotopic (exact) mass is 395 g/mol. The van der Waals surface area contributed by atoms with Gasteiger partial charge in [-0.1, -0.05) is 24.3 Å². The molecule has 0 unspecified atom stereocenters. The van der Waals surface area contributed by atoms with Crippen molar-refractivity contribution < 1.29 is 21.9 Å². The number of rotatable bonds is 4. The number of nitrogens with zero attached hydrogens (tertiary/aromatic N) is 1. The first-order valence-corrected chi connectivity index (χ1v) is 11.4. The highest BCUT2D eigenvalue weighted by atomic mass is 32.2. The number of aryl methyl sites for hydroxylation is 2. The molecule has 0 amide bonds. The van der Waals surface area contributed by atoms with E-state index in [1.54, 1.807) is 42.5 Å². The molecule has 0 saturated carbocycles. The molecule has 1 fully saturated rings. The Labute approximate surface area is 154 Å². The lowest BCUT2D eigenvalue weighted by atomic mass is 10.1. The fraction of sp³-hybridized carbons (Fsp3) is 0.333. The molecule has 2 atom stereocenters. The minimum atomic E-state index is -4.05. The molecule has 1 N–H and O–H groups in total. The van der Waals surface area contributed by atoms with Crippen molar-refractivity contribution in [2.75, 3.05) is 15.8 Å². The molecule has 1 aliphatic rings. The van der Waals surface area contributed by atoms with Gasteiger partial charge in [0.25, 0.3) is 10.0 Å². The number of aliphatic hydroxyl groups is 1. The Kier molecular flexibility index (Phi) is 4.85. The number of hydrogen-bond acceptors (Lipinski definition) is 5. The SMILES string of the molecule is Cc1ccc(S(=O)(=O)N(c2ccccc2)[C@H]2CS(=O)(=O)C[C@@H]2O)cc1C. The highest BCUT2D eigenvalue weighted by molar-refractivity contribution is 7.93. The molecule has 8 heteroatoms. The van der Waals surface area contributed by atoms with E-state index in [9.17, 15) is 21.9 Å². The van der Waals surface area contributed by atoms with Gasteiger partial charge in [0.2, 0.25) is 0 Å². The third kappa shape index (κ3) is 3.49. The average Bonchev–Trinajstić information content (AvgIpc) is 2.83. The lowest BCUT2D eigenvalue weighted by Crippen LogP contribution is -2.47. The lowest BCUT2D eigenvalue weighted by Gasteiger charge is -2.31. The van der Waals surface area contributed by atoms with Gasteiger partial charge < -0.3 is 5.11 Å². The van der Waals surface area contributed by atoms with Crippen LogP contribution in [0, 0.1) is 13.8 Å². The smallest absolute Gasteiger partial charge is 0.264 e. The number of hydrogen-bond donors (Lipinski definition) is 1. The maximum absolute atomic E-state index is 13.4. The predicted octanol–water partition coefficient (Wildman–Crippen LogP) is 1.66. The summed E-state index contributed by atoms with van der Waals surface area (Å²) in [6.45, 7) is 3.70.